The molecule has 2 aromatic heterocycles. The summed E-state index contributed by atoms with van der Waals surface area (Å²) in [5.41, 5.74) is 1.05. The minimum atomic E-state index is 0.140. The zero-order valence-electron chi connectivity index (χ0n) is 18.0. The molecule has 0 atom stereocenters. The topological polar surface area (TPSA) is 81.9 Å². The molecule has 3 aromatic rings. The highest BCUT2D eigenvalue weighted by molar-refractivity contribution is 5.91. The number of rotatable bonds is 6. The maximum Gasteiger partial charge on any atom is 0.224 e. The Balaban J connectivity index is 1.08. The van der Waals surface area contributed by atoms with Crippen LogP contribution in [0.5, 0.6) is 11.6 Å². The lowest BCUT2D eigenvalue weighted by molar-refractivity contribution is -0.124. The Morgan fingerprint density at radius 1 is 1.06 bits per heavy atom. The zero-order valence-corrected chi connectivity index (χ0v) is 18.0. The fourth-order valence-corrected chi connectivity index (χ4v) is 6.70. The van der Waals surface area contributed by atoms with E-state index in [1.165, 1.54) is 44.9 Å². The molecule has 32 heavy (non-hydrogen) atoms. The minimum absolute atomic E-state index is 0.140. The van der Waals surface area contributed by atoms with Gasteiger partial charge in [0, 0.05) is 30.6 Å². The summed E-state index contributed by atoms with van der Waals surface area (Å²) in [5, 5.41) is 3.11. The lowest BCUT2D eigenvalue weighted by atomic mass is 9.49. The number of imidazole rings is 1. The summed E-state index contributed by atoms with van der Waals surface area (Å²) < 4.78 is 7.66. The van der Waals surface area contributed by atoms with Crippen LogP contribution in [0.3, 0.4) is 0 Å². The number of amides is 1. The van der Waals surface area contributed by atoms with Gasteiger partial charge in [-0.15, -0.1) is 0 Å². The number of ether oxygens (including phenoxy) is 1. The highest BCUT2D eigenvalue weighted by Crippen LogP contribution is 2.61. The van der Waals surface area contributed by atoms with E-state index in [9.17, 15) is 4.79 Å². The van der Waals surface area contributed by atoms with Gasteiger partial charge in [0.25, 0.3) is 0 Å². The van der Waals surface area contributed by atoms with E-state index < -0.39 is 0 Å². The first-order valence-corrected chi connectivity index (χ1v) is 11.5. The summed E-state index contributed by atoms with van der Waals surface area (Å²) in [5.74, 6) is 4.51. The Kier molecular flexibility index (Phi) is 4.70. The van der Waals surface area contributed by atoms with Gasteiger partial charge < -0.3 is 10.1 Å². The van der Waals surface area contributed by atoms with E-state index in [1.807, 2.05) is 30.5 Å². The molecule has 2 heterocycles. The molecule has 7 nitrogen and oxygen atoms in total. The second-order valence-corrected chi connectivity index (χ2v) is 9.95. The fraction of sp³-hybridized carbons (Fsp3) is 0.440. The van der Waals surface area contributed by atoms with Crippen molar-refractivity contribution in [3.8, 4) is 17.4 Å². The largest absolute Gasteiger partial charge is 0.439 e. The smallest absolute Gasteiger partial charge is 0.224 e. The number of benzene rings is 1. The summed E-state index contributed by atoms with van der Waals surface area (Å²) in [6.07, 6.45) is 15.3. The van der Waals surface area contributed by atoms with Gasteiger partial charge in [0.15, 0.2) is 0 Å². The van der Waals surface area contributed by atoms with Gasteiger partial charge in [-0.1, -0.05) is 0 Å². The maximum absolute atomic E-state index is 12.9. The Hall–Kier alpha value is -3.22. The van der Waals surface area contributed by atoms with Gasteiger partial charge in [-0.25, -0.2) is 15.0 Å². The third kappa shape index (κ3) is 3.87. The summed E-state index contributed by atoms with van der Waals surface area (Å²) in [6, 6.07) is 9.21. The van der Waals surface area contributed by atoms with E-state index in [0.29, 0.717) is 23.9 Å². The molecule has 1 N–H and O–H groups in total. The average Bonchev–Trinajstić information content (AvgIpc) is 3.29. The Labute approximate surface area is 187 Å². The normalized spacial score (nSPS) is 27.9. The second kappa shape index (κ2) is 7.73. The third-order valence-electron chi connectivity index (χ3n) is 7.46. The van der Waals surface area contributed by atoms with E-state index in [-0.39, 0.29) is 11.3 Å². The van der Waals surface area contributed by atoms with Gasteiger partial charge in [0.1, 0.15) is 24.2 Å². The predicted molar refractivity (Wildman–Crippen MR) is 120 cm³/mol. The SMILES string of the molecule is O=C(CC12CC3CC(CC(C3)C1)C2)Nc1ccc(Oc2cc(-n3ccnc3)ncn2)cc1. The molecule has 0 aliphatic heterocycles. The molecular formula is C25H27N5O2. The van der Waals surface area contributed by atoms with Crippen molar-refractivity contribution >= 4 is 11.6 Å². The zero-order chi connectivity index (χ0) is 21.5. The van der Waals surface area contributed by atoms with Crippen molar-refractivity contribution in [1.29, 1.82) is 0 Å². The van der Waals surface area contributed by atoms with Crippen LogP contribution in [0.25, 0.3) is 5.82 Å². The molecule has 4 aliphatic carbocycles. The third-order valence-corrected chi connectivity index (χ3v) is 7.46. The number of nitrogens with zero attached hydrogens (tertiary/aromatic N) is 4. The van der Waals surface area contributed by atoms with Gasteiger partial charge in [-0.3, -0.25) is 9.36 Å². The molecule has 4 fully saturated rings. The standard InChI is InChI=1S/C25H27N5O2/c31-23(14-25-11-17-7-18(12-25)9-19(8-17)13-25)29-20-1-3-21(4-2-20)32-24-10-22(27-15-28-24)30-6-5-26-16-30/h1-6,10,15-19H,7-9,11-14H2,(H,29,31). The van der Waals surface area contributed by atoms with Crippen molar-refractivity contribution in [3.63, 3.8) is 0 Å². The second-order valence-electron chi connectivity index (χ2n) is 9.95. The molecule has 0 radical (unpaired) electrons. The van der Waals surface area contributed by atoms with Crippen LogP contribution < -0.4 is 10.1 Å². The van der Waals surface area contributed by atoms with E-state index >= 15 is 0 Å². The number of aromatic nitrogens is 4. The molecule has 7 rings (SSSR count). The van der Waals surface area contributed by atoms with Crippen LogP contribution in [-0.2, 0) is 4.79 Å². The van der Waals surface area contributed by atoms with Crippen LogP contribution in [0.1, 0.15) is 44.9 Å². The van der Waals surface area contributed by atoms with Gasteiger partial charge >= 0.3 is 0 Å². The fourth-order valence-electron chi connectivity index (χ4n) is 6.70. The van der Waals surface area contributed by atoms with Crippen LogP contribution in [-0.4, -0.2) is 25.4 Å². The van der Waals surface area contributed by atoms with Gasteiger partial charge in [-0.05, 0) is 86.0 Å². The van der Waals surface area contributed by atoms with Crippen molar-refractivity contribution in [2.24, 2.45) is 23.2 Å². The highest BCUT2D eigenvalue weighted by atomic mass is 16.5. The van der Waals surface area contributed by atoms with E-state index in [0.717, 1.165) is 23.4 Å². The highest BCUT2D eigenvalue weighted by Gasteiger charge is 2.51. The molecule has 7 heteroatoms. The number of anilines is 1. The predicted octanol–water partition coefficient (Wildman–Crippen LogP) is 5.00. The lowest BCUT2D eigenvalue weighted by Gasteiger charge is -2.56. The Bertz CT molecular complexity index is 1070. The molecule has 1 amide bonds. The molecule has 0 spiro atoms. The minimum Gasteiger partial charge on any atom is -0.439 e. The van der Waals surface area contributed by atoms with Crippen LogP contribution in [0.15, 0.2) is 55.4 Å². The first-order valence-electron chi connectivity index (χ1n) is 11.5. The molecule has 1 aromatic carbocycles. The van der Waals surface area contributed by atoms with Crippen LogP contribution >= 0.6 is 0 Å². The van der Waals surface area contributed by atoms with Crippen LogP contribution in [0, 0.1) is 23.2 Å². The van der Waals surface area contributed by atoms with E-state index in [2.05, 4.69) is 20.3 Å². The summed E-state index contributed by atoms with van der Waals surface area (Å²) in [7, 11) is 0. The van der Waals surface area contributed by atoms with Gasteiger partial charge in [0.05, 0.1) is 0 Å². The average molecular weight is 430 g/mol. The number of nitrogens with one attached hydrogen (secondary N) is 1. The molecule has 4 aliphatic rings. The molecule has 4 saturated carbocycles. The van der Waals surface area contributed by atoms with Crippen LogP contribution in [0.4, 0.5) is 5.69 Å². The number of carbonyl (C=O) groups excluding carboxylic acids is 1. The van der Waals surface area contributed by atoms with Crippen LogP contribution in [0.2, 0.25) is 0 Å². The molecular weight excluding hydrogens is 402 g/mol. The van der Waals surface area contributed by atoms with Crippen molar-refractivity contribution < 1.29 is 9.53 Å². The number of hydrogen-bond acceptors (Lipinski definition) is 5. The summed E-state index contributed by atoms with van der Waals surface area (Å²) in [6.45, 7) is 0. The molecule has 4 bridgehead atoms. The van der Waals surface area contributed by atoms with Gasteiger partial charge in [-0.2, -0.15) is 0 Å². The monoisotopic (exact) mass is 429 g/mol. The molecule has 0 saturated heterocycles. The van der Waals surface area contributed by atoms with E-state index in [4.69, 9.17) is 4.74 Å². The Morgan fingerprint density at radius 3 is 2.44 bits per heavy atom. The Morgan fingerprint density at radius 2 is 1.78 bits per heavy atom. The van der Waals surface area contributed by atoms with Crippen molar-refractivity contribution in [3.05, 3.63) is 55.4 Å². The van der Waals surface area contributed by atoms with Crippen molar-refractivity contribution in [2.45, 2.75) is 44.9 Å². The molecule has 164 valence electrons. The first-order chi connectivity index (χ1) is 15.6. The number of hydrogen-bond donors (Lipinski definition) is 1. The van der Waals surface area contributed by atoms with Gasteiger partial charge in [0.2, 0.25) is 11.8 Å². The first kappa shape index (κ1) is 19.5. The van der Waals surface area contributed by atoms with Crippen molar-refractivity contribution in [2.75, 3.05) is 5.32 Å². The quantitative estimate of drug-likeness (QED) is 0.596. The lowest BCUT2D eigenvalue weighted by Crippen LogP contribution is -2.47. The number of carbonyl (C=O) groups is 1. The molecule has 0 unspecified atom stereocenters. The van der Waals surface area contributed by atoms with Crippen molar-refractivity contribution in [1.82, 2.24) is 19.5 Å². The summed E-state index contributed by atoms with van der Waals surface area (Å²) >= 11 is 0. The maximum atomic E-state index is 12.9. The summed E-state index contributed by atoms with van der Waals surface area (Å²) in [4.78, 5) is 25.3. The van der Waals surface area contributed by atoms with E-state index in [1.54, 1.807) is 23.2 Å².